The minimum absolute atomic E-state index is 0.00400. The molecule has 0 bridgehead atoms. The van der Waals surface area contributed by atoms with Crippen molar-refractivity contribution in [2.45, 2.75) is 77.3 Å². The molecule has 198 valence electrons. The molecule has 1 aromatic carbocycles. The van der Waals surface area contributed by atoms with Gasteiger partial charge in [-0.25, -0.2) is 9.78 Å². The van der Waals surface area contributed by atoms with Crippen molar-refractivity contribution in [1.82, 2.24) is 20.1 Å². The molecule has 37 heavy (non-hydrogen) atoms. The van der Waals surface area contributed by atoms with E-state index in [9.17, 15) is 14.7 Å². The number of carboxylic acid groups (broad SMARTS) is 1. The second-order valence-corrected chi connectivity index (χ2v) is 12.0. The highest BCUT2D eigenvalue weighted by molar-refractivity contribution is 7.09. The van der Waals surface area contributed by atoms with Crippen LogP contribution >= 0.6 is 11.3 Å². The predicted octanol–water partition coefficient (Wildman–Crippen LogP) is 5.38. The Bertz CT molecular complexity index is 1280. The van der Waals surface area contributed by atoms with Gasteiger partial charge in [-0.3, -0.25) is 4.79 Å². The Hall–Kier alpha value is -3.27. The lowest BCUT2D eigenvalue weighted by atomic mass is 9.83. The van der Waals surface area contributed by atoms with E-state index in [2.05, 4.69) is 36.0 Å². The monoisotopic (exact) mass is 526 g/mol. The van der Waals surface area contributed by atoms with Gasteiger partial charge in [0, 0.05) is 24.1 Å². The lowest BCUT2D eigenvalue weighted by molar-refractivity contribution is -0.150. The number of carbonyl (C=O) groups is 2. The van der Waals surface area contributed by atoms with Crippen LogP contribution in [0.2, 0.25) is 0 Å². The number of thiazole rings is 1. The molecule has 4 rings (SSSR count). The summed E-state index contributed by atoms with van der Waals surface area (Å²) < 4.78 is 11.5. The van der Waals surface area contributed by atoms with Gasteiger partial charge in [0.1, 0.15) is 16.3 Å². The van der Waals surface area contributed by atoms with Gasteiger partial charge in [0.25, 0.3) is 5.91 Å². The van der Waals surface area contributed by atoms with Crippen LogP contribution in [0, 0.1) is 12.8 Å². The molecule has 0 radical (unpaired) electrons. The van der Waals surface area contributed by atoms with E-state index in [1.54, 1.807) is 32.4 Å². The molecular formula is C27H34N4O5S. The smallest absolute Gasteiger partial charge is 0.329 e. The SMILES string of the molecule is COc1cc(C(=O)N2[C@@H](c3nccs3)[C@H](c3nnc(C)o3)C[C@@]2(CC(C)C)C(=O)O)ccc1C(C)(C)C. The van der Waals surface area contributed by atoms with Crippen LogP contribution in [-0.4, -0.2) is 49.7 Å². The third kappa shape index (κ3) is 4.86. The first kappa shape index (κ1) is 26.8. The van der Waals surface area contributed by atoms with Crippen molar-refractivity contribution in [1.29, 1.82) is 0 Å². The Balaban J connectivity index is 1.92. The molecule has 1 aliphatic heterocycles. The van der Waals surface area contributed by atoms with Crippen LogP contribution in [0.15, 0.2) is 34.2 Å². The predicted molar refractivity (Wildman–Crippen MR) is 139 cm³/mol. The first-order valence-electron chi connectivity index (χ1n) is 12.3. The minimum Gasteiger partial charge on any atom is -0.496 e. The van der Waals surface area contributed by atoms with E-state index in [1.807, 2.05) is 25.3 Å². The van der Waals surface area contributed by atoms with Gasteiger partial charge in [-0.2, -0.15) is 0 Å². The van der Waals surface area contributed by atoms with E-state index in [0.29, 0.717) is 28.1 Å². The summed E-state index contributed by atoms with van der Waals surface area (Å²) >= 11 is 1.37. The van der Waals surface area contributed by atoms with Crippen molar-refractivity contribution in [3.05, 3.63) is 57.7 Å². The average molecular weight is 527 g/mol. The summed E-state index contributed by atoms with van der Waals surface area (Å²) in [5.74, 6) is -0.717. The van der Waals surface area contributed by atoms with Crippen LogP contribution in [0.4, 0.5) is 0 Å². The molecular weight excluding hydrogens is 492 g/mol. The maximum atomic E-state index is 14.4. The average Bonchev–Trinajstić information content (AvgIpc) is 3.56. The van der Waals surface area contributed by atoms with Crippen molar-refractivity contribution in [2.75, 3.05) is 7.11 Å². The number of hydrogen-bond donors (Lipinski definition) is 1. The summed E-state index contributed by atoms with van der Waals surface area (Å²) in [6.07, 6.45) is 2.05. The van der Waals surface area contributed by atoms with Crippen molar-refractivity contribution < 1.29 is 23.8 Å². The summed E-state index contributed by atoms with van der Waals surface area (Å²) in [4.78, 5) is 33.5. The number of rotatable bonds is 7. The lowest BCUT2D eigenvalue weighted by Crippen LogP contribution is -2.54. The maximum absolute atomic E-state index is 14.4. The number of amides is 1. The first-order valence-corrected chi connectivity index (χ1v) is 13.2. The van der Waals surface area contributed by atoms with Gasteiger partial charge < -0.3 is 19.2 Å². The summed E-state index contributed by atoms with van der Waals surface area (Å²) in [7, 11) is 1.57. The zero-order chi connectivity index (χ0) is 27.1. The Morgan fingerprint density at radius 1 is 1.30 bits per heavy atom. The van der Waals surface area contributed by atoms with E-state index in [1.165, 1.54) is 16.2 Å². The van der Waals surface area contributed by atoms with E-state index in [-0.39, 0.29) is 24.2 Å². The summed E-state index contributed by atoms with van der Waals surface area (Å²) in [5, 5.41) is 21.4. The highest BCUT2D eigenvalue weighted by Crippen LogP contribution is 2.54. The second kappa shape index (κ2) is 9.89. The van der Waals surface area contributed by atoms with Crippen LogP contribution in [-0.2, 0) is 10.2 Å². The van der Waals surface area contributed by atoms with Crippen molar-refractivity contribution >= 4 is 23.2 Å². The number of ether oxygens (including phenoxy) is 1. The van der Waals surface area contributed by atoms with E-state index < -0.39 is 29.4 Å². The fourth-order valence-electron chi connectivity index (χ4n) is 5.41. The van der Waals surface area contributed by atoms with Gasteiger partial charge >= 0.3 is 5.97 Å². The summed E-state index contributed by atoms with van der Waals surface area (Å²) in [6.45, 7) is 11.8. The molecule has 0 unspecified atom stereocenters. The molecule has 0 aliphatic carbocycles. The molecule has 1 amide bonds. The van der Waals surface area contributed by atoms with Crippen LogP contribution < -0.4 is 4.74 Å². The van der Waals surface area contributed by atoms with Crippen LogP contribution in [0.5, 0.6) is 5.75 Å². The number of methoxy groups -OCH3 is 1. The van der Waals surface area contributed by atoms with Crippen LogP contribution in [0.25, 0.3) is 0 Å². The first-order chi connectivity index (χ1) is 17.4. The third-order valence-corrected chi connectivity index (χ3v) is 7.71. The number of nitrogens with zero attached hydrogens (tertiary/aromatic N) is 4. The second-order valence-electron chi connectivity index (χ2n) is 11.1. The quantitative estimate of drug-likeness (QED) is 0.436. The van der Waals surface area contributed by atoms with Crippen molar-refractivity contribution in [3.8, 4) is 5.75 Å². The van der Waals surface area contributed by atoms with Crippen LogP contribution in [0.1, 0.15) is 92.1 Å². The molecule has 3 aromatic rings. The van der Waals surface area contributed by atoms with Crippen molar-refractivity contribution in [3.63, 3.8) is 0 Å². The molecule has 1 saturated heterocycles. The molecule has 0 spiro atoms. The fraction of sp³-hybridized carbons (Fsp3) is 0.519. The zero-order valence-corrected chi connectivity index (χ0v) is 23.1. The number of carboxylic acids is 1. The molecule has 3 heterocycles. The van der Waals surface area contributed by atoms with Crippen LogP contribution in [0.3, 0.4) is 0 Å². The number of aromatic nitrogens is 3. The van der Waals surface area contributed by atoms with Gasteiger partial charge in [0.15, 0.2) is 0 Å². The number of hydrogen-bond acceptors (Lipinski definition) is 8. The van der Waals surface area contributed by atoms with Gasteiger partial charge in [0.2, 0.25) is 11.8 Å². The van der Waals surface area contributed by atoms with Gasteiger partial charge in [0.05, 0.1) is 19.1 Å². The van der Waals surface area contributed by atoms with E-state index >= 15 is 0 Å². The molecule has 2 aromatic heterocycles. The minimum atomic E-state index is -1.50. The highest BCUT2D eigenvalue weighted by atomic mass is 32.1. The van der Waals surface area contributed by atoms with Gasteiger partial charge in [-0.15, -0.1) is 21.5 Å². The number of aliphatic carboxylic acids is 1. The standard InChI is InChI=1S/C27H34N4O5S/c1-15(2)13-27(25(33)34)14-18(22-30-29-16(3)36-22)21(23-28-10-11-37-23)31(27)24(32)17-8-9-19(26(4,5)6)20(12-17)35-7/h8-12,15,18,21H,13-14H2,1-7H3,(H,33,34)/t18-,21-,27+/m1/s1. The number of aryl methyl sites for hydroxylation is 1. The Morgan fingerprint density at radius 2 is 2.03 bits per heavy atom. The Morgan fingerprint density at radius 3 is 2.54 bits per heavy atom. The van der Waals surface area contributed by atoms with E-state index in [4.69, 9.17) is 9.15 Å². The van der Waals surface area contributed by atoms with E-state index in [0.717, 1.165) is 5.56 Å². The normalized spacial score (nSPS) is 22.0. The largest absolute Gasteiger partial charge is 0.496 e. The topological polar surface area (TPSA) is 119 Å². The molecule has 3 atom stereocenters. The molecule has 1 N–H and O–H groups in total. The highest BCUT2D eigenvalue weighted by Gasteiger charge is 2.61. The van der Waals surface area contributed by atoms with Crippen molar-refractivity contribution in [2.24, 2.45) is 5.92 Å². The lowest BCUT2D eigenvalue weighted by Gasteiger charge is -2.38. The Labute approximate surface area is 220 Å². The molecule has 9 nitrogen and oxygen atoms in total. The molecule has 0 saturated carbocycles. The van der Waals surface area contributed by atoms with Gasteiger partial charge in [-0.1, -0.05) is 40.7 Å². The number of likely N-dealkylation sites (tertiary alicyclic amines) is 1. The summed E-state index contributed by atoms with van der Waals surface area (Å²) in [6, 6.07) is 4.64. The number of benzene rings is 1. The zero-order valence-electron chi connectivity index (χ0n) is 22.3. The number of carbonyl (C=O) groups excluding carboxylic acids is 1. The fourth-order valence-corrected chi connectivity index (χ4v) is 6.20. The molecule has 10 heteroatoms. The summed E-state index contributed by atoms with van der Waals surface area (Å²) in [5.41, 5.74) is -0.392. The Kier molecular flexibility index (Phi) is 7.16. The molecule has 1 fully saturated rings. The van der Waals surface area contributed by atoms with Gasteiger partial charge in [-0.05, 0) is 41.9 Å². The maximum Gasteiger partial charge on any atom is 0.329 e. The third-order valence-electron chi connectivity index (χ3n) is 6.86. The molecule has 1 aliphatic rings.